The van der Waals surface area contributed by atoms with Gasteiger partial charge in [0.25, 0.3) is 5.92 Å². The molecule has 30 heavy (non-hydrogen) atoms. The van der Waals surface area contributed by atoms with Gasteiger partial charge in [0.2, 0.25) is 0 Å². The van der Waals surface area contributed by atoms with Gasteiger partial charge in [0.05, 0.1) is 23.5 Å². The van der Waals surface area contributed by atoms with E-state index in [4.69, 9.17) is 11.6 Å². The van der Waals surface area contributed by atoms with Crippen LogP contribution in [0.1, 0.15) is 31.0 Å². The number of fused-ring (bicyclic) bond motifs is 3. The Hall–Kier alpha value is -2.42. The Balaban J connectivity index is 1.61. The van der Waals surface area contributed by atoms with Crippen molar-refractivity contribution in [3.05, 3.63) is 52.9 Å². The molecule has 0 N–H and O–H groups in total. The summed E-state index contributed by atoms with van der Waals surface area (Å²) >= 11 is 5.91. The summed E-state index contributed by atoms with van der Waals surface area (Å²) < 4.78 is 71.0. The van der Waals surface area contributed by atoms with Crippen LogP contribution in [0.3, 0.4) is 0 Å². The Morgan fingerprint density at radius 1 is 1.17 bits per heavy atom. The molecule has 0 amide bonds. The lowest BCUT2D eigenvalue weighted by molar-refractivity contribution is -0.181. The third-order valence-electron chi connectivity index (χ3n) is 6.32. The van der Waals surface area contributed by atoms with Crippen molar-refractivity contribution in [1.29, 1.82) is 0 Å². The number of benzene rings is 1. The molecule has 0 spiro atoms. The molecule has 1 aromatic carbocycles. The second kappa shape index (κ2) is 5.84. The number of nitrogens with zero attached hydrogens (tertiary/aromatic N) is 4. The minimum atomic E-state index is -4.56. The first-order chi connectivity index (χ1) is 13.9. The van der Waals surface area contributed by atoms with E-state index in [2.05, 4.69) is 10.1 Å². The van der Waals surface area contributed by atoms with Crippen molar-refractivity contribution in [2.24, 2.45) is 5.92 Å². The van der Waals surface area contributed by atoms with Crippen molar-refractivity contribution < 1.29 is 22.0 Å². The summed E-state index contributed by atoms with van der Waals surface area (Å²) in [6.45, 7) is 2.21. The summed E-state index contributed by atoms with van der Waals surface area (Å²) in [6, 6.07) is 7.65. The van der Waals surface area contributed by atoms with E-state index in [1.807, 2.05) is 0 Å². The summed E-state index contributed by atoms with van der Waals surface area (Å²) in [5.74, 6) is -4.34. The molecule has 158 valence electrons. The molecular weight excluding hydrogens is 427 g/mol. The monoisotopic (exact) mass is 442 g/mol. The second-order valence-corrected chi connectivity index (χ2v) is 8.56. The minimum absolute atomic E-state index is 0.0442. The number of hydrogen-bond acceptors (Lipinski definition) is 3. The number of rotatable bonds is 2. The molecule has 0 radical (unpaired) electrons. The van der Waals surface area contributed by atoms with Gasteiger partial charge >= 0.3 is 6.18 Å². The Bertz CT molecular complexity index is 1160. The molecule has 10 heteroatoms. The van der Waals surface area contributed by atoms with Crippen molar-refractivity contribution in [3.63, 3.8) is 0 Å². The average Bonchev–Trinajstić information content (AvgIpc) is 2.98. The van der Waals surface area contributed by atoms with Crippen LogP contribution in [-0.2, 0) is 5.41 Å². The van der Waals surface area contributed by atoms with Gasteiger partial charge in [0.1, 0.15) is 5.41 Å². The van der Waals surface area contributed by atoms with Crippen LogP contribution in [0.15, 0.2) is 36.5 Å². The van der Waals surface area contributed by atoms with Gasteiger partial charge < -0.3 is 4.90 Å². The number of aromatic nitrogens is 3. The highest BCUT2D eigenvalue weighted by Crippen LogP contribution is 2.61. The Labute approximate surface area is 173 Å². The molecule has 5 rings (SSSR count). The van der Waals surface area contributed by atoms with Crippen LogP contribution in [0.4, 0.5) is 33.3 Å². The summed E-state index contributed by atoms with van der Waals surface area (Å²) in [6.07, 6.45) is -3.20. The average molecular weight is 443 g/mol. The van der Waals surface area contributed by atoms with Crippen molar-refractivity contribution in [2.75, 3.05) is 11.4 Å². The molecule has 3 atom stereocenters. The third-order valence-corrected chi connectivity index (χ3v) is 6.51. The number of anilines is 2. The van der Waals surface area contributed by atoms with Crippen LogP contribution >= 0.6 is 11.6 Å². The van der Waals surface area contributed by atoms with Crippen molar-refractivity contribution in [1.82, 2.24) is 14.6 Å². The van der Waals surface area contributed by atoms with Gasteiger partial charge in [0.15, 0.2) is 10.8 Å². The Morgan fingerprint density at radius 2 is 1.80 bits per heavy atom. The summed E-state index contributed by atoms with van der Waals surface area (Å²) in [5, 5.41) is 4.05. The van der Waals surface area contributed by atoms with Gasteiger partial charge in [-0.2, -0.15) is 18.3 Å². The fraction of sp³-hybridized carbons (Fsp3) is 0.400. The second-order valence-electron chi connectivity index (χ2n) is 8.18. The van der Waals surface area contributed by atoms with Gasteiger partial charge in [-0.1, -0.05) is 30.7 Å². The van der Waals surface area contributed by atoms with Crippen molar-refractivity contribution in [2.45, 2.75) is 37.3 Å². The molecule has 0 unspecified atom stereocenters. The predicted molar refractivity (Wildman–Crippen MR) is 102 cm³/mol. The Morgan fingerprint density at radius 3 is 2.37 bits per heavy atom. The van der Waals surface area contributed by atoms with E-state index < -0.39 is 29.3 Å². The van der Waals surface area contributed by atoms with Crippen molar-refractivity contribution in [3.8, 4) is 0 Å². The van der Waals surface area contributed by atoms with E-state index in [1.165, 1.54) is 24.1 Å². The van der Waals surface area contributed by atoms with Crippen LogP contribution in [-0.4, -0.2) is 33.2 Å². The van der Waals surface area contributed by atoms with Gasteiger partial charge in [-0.25, -0.2) is 18.3 Å². The highest BCUT2D eigenvalue weighted by Gasteiger charge is 2.66. The molecule has 3 heterocycles. The normalized spacial score (nSPS) is 27.5. The number of hydrogen-bond donors (Lipinski definition) is 0. The Kier molecular flexibility index (Phi) is 3.80. The molecule has 3 aromatic rings. The fourth-order valence-electron chi connectivity index (χ4n) is 4.39. The summed E-state index contributed by atoms with van der Waals surface area (Å²) in [7, 11) is 0. The molecule has 2 aliphatic rings. The maximum Gasteiger partial charge on any atom is 0.401 e. The summed E-state index contributed by atoms with van der Waals surface area (Å²) in [5.41, 5.74) is -0.879. The molecule has 1 saturated carbocycles. The van der Waals surface area contributed by atoms with E-state index in [0.717, 1.165) is 11.4 Å². The van der Waals surface area contributed by atoms with Crippen LogP contribution in [0.25, 0.3) is 5.65 Å². The molecule has 0 saturated heterocycles. The highest BCUT2D eigenvalue weighted by atomic mass is 35.5. The molecule has 1 aliphatic heterocycles. The molecular formula is C20H16ClF5N4. The zero-order chi connectivity index (χ0) is 21.6. The first kappa shape index (κ1) is 19.5. The lowest BCUT2D eigenvalue weighted by Gasteiger charge is -2.28. The molecule has 1 aliphatic carbocycles. The lowest BCUT2D eigenvalue weighted by Crippen LogP contribution is -2.43. The number of alkyl halides is 5. The topological polar surface area (TPSA) is 33.4 Å². The minimum Gasteiger partial charge on any atom is -0.337 e. The molecule has 0 bridgehead atoms. The lowest BCUT2D eigenvalue weighted by atomic mass is 9.87. The maximum atomic E-state index is 14.1. The van der Waals surface area contributed by atoms with Crippen LogP contribution in [0, 0.1) is 5.92 Å². The third kappa shape index (κ3) is 2.50. The predicted octanol–water partition coefficient (Wildman–Crippen LogP) is 5.72. The van der Waals surface area contributed by atoms with E-state index >= 15 is 0 Å². The van der Waals surface area contributed by atoms with Gasteiger partial charge in [-0.15, -0.1) is 0 Å². The zero-order valence-corrected chi connectivity index (χ0v) is 16.6. The van der Waals surface area contributed by atoms with Gasteiger partial charge in [0, 0.05) is 24.2 Å². The number of halogens is 6. The van der Waals surface area contributed by atoms with E-state index in [-0.39, 0.29) is 28.7 Å². The highest BCUT2D eigenvalue weighted by molar-refractivity contribution is 6.29. The first-order valence-corrected chi connectivity index (χ1v) is 9.70. The van der Waals surface area contributed by atoms with Crippen LogP contribution in [0.5, 0.6) is 0 Å². The zero-order valence-electron chi connectivity index (χ0n) is 15.9. The van der Waals surface area contributed by atoms with Crippen LogP contribution < -0.4 is 4.90 Å². The SMILES string of the molecule is C[C@H]1[C@@H](c2ccc(N3C[C@@](C)(C(F)(F)F)c4c3cnc3cc(Cl)nn43)cc2)C1(F)F. The molecule has 1 fully saturated rings. The standard InChI is InChI=1S/C20H16ClF5N4/c1-10-16(19(10,22)23)11-3-5-12(6-4-11)29-9-18(2,20(24,25)26)17-13(29)8-27-15-7-14(21)28-30(15)17/h3-8,10,16H,9H2,1-2H3/t10-,16-,18+/m0/s1. The fourth-order valence-corrected chi connectivity index (χ4v) is 4.57. The molecule has 4 nitrogen and oxygen atoms in total. The van der Waals surface area contributed by atoms with Crippen molar-refractivity contribution >= 4 is 28.6 Å². The quantitative estimate of drug-likeness (QED) is 0.476. The first-order valence-electron chi connectivity index (χ1n) is 9.32. The van der Waals surface area contributed by atoms with Gasteiger partial charge in [-0.05, 0) is 24.6 Å². The maximum absolute atomic E-state index is 14.1. The smallest absolute Gasteiger partial charge is 0.337 e. The van der Waals surface area contributed by atoms with Crippen LogP contribution in [0.2, 0.25) is 5.15 Å². The van der Waals surface area contributed by atoms with E-state index in [1.54, 1.807) is 24.3 Å². The van der Waals surface area contributed by atoms with E-state index in [9.17, 15) is 22.0 Å². The summed E-state index contributed by atoms with van der Waals surface area (Å²) in [4.78, 5) is 5.68. The molecule has 2 aromatic heterocycles. The largest absolute Gasteiger partial charge is 0.401 e. The van der Waals surface area contributed by atoms with Gasteiger partial charge in [-0.3, -0.25) is 0 Å². The van der Waals surface area contributed by atoms with E-state index in [0.29, 0.717) is 11.3 Å².